The van der Waals surface area contributed by atoms with Gasteiger partial charge in [0.2, 0.25) is 0 Å². The van der Waals surface area contributed by atoms with Gasteiger partial charge in [-0.3, -0.25) is 14.4 Å². The van der Waals surface area contributed by atoms with E-state index >= 15 is 0 Å². The first-order valence-corrected chi connectivity index (χ1v) is 25.8. The van der Waals surface area contributed by atoms with Gasteiger partial charge >= 0.3 is 17.9 Å². The van der Waals surface area contributed by atoms with E-state index in [1.165, 1.54) is 89.9 Å². The zero-order valence-electron chi connectivity index (χ0n) is 40.2. The predicted octanol–water partition coefficient (Wildman–Crippen LogP) is 16.9. The van der Waals surface area contributed by atoms with Crippen LogP contribution in [0.1, 0.15) is 252 Å². The number of carbonyl (C=O) groups excluding carboxylic acids is 3. The standard InChI is InChI=1S/C55H96O6/c1-4-7-10-13-16-19-22-25-27-28-31-33-36-39-42-45-48-54(57)60-51-52(50-59-53(56)47-44-41-38-35-32-29-24-21-18-15-12-9-6-3)61-55(58)49-46-43-40-37-34-30-26-23-20-17-14-11-8-5-2/h12,15,19,21-24,26-28,52H,4-11,13-14,16-18,20,25,29-51H2,1-3H3/b15-12-,22-19-,24-21-,26-23-,28-27-. The topological polar surface area (TPSA) is 78.9 Å². The number of allylic oxidation sites excluding steroid dienone is 10. The maximum Gasteiger partial charge on any atom is 0.306 e. The highest BCUT2D eigenvalue weighted by Crippen LogP contribution is 2.14. The second kappa shape index (κ2) is 49.8. The molecule has 0 N–H and O–H groups in total. The van der Waals surface area contributed by atoms with Crippen molar-refractivity contribution in [3.8, 4) is 0 Å². The zero-order valence-corrected chi connectivity index (χ0v) is 40.2. The van der Waals surface area contributed by atoms with Crippen LogP contribution in [0.2, 0.25) is 0 Å². The fraction of sp³-hybridized carbons (Fsp3) is 0.764. The van der Waals surface area contributed by atoms with Crippen LogP contribution in [0.25, 0.3) is 0 Å². The van der Waals surface area contributed by atoms with Crippen LogP contribution in [0.5, 0.6) is 0 Å². The molecule has 6 nitrogen and oxygen atoms in total. The molecule has 0 saturated carbocycles. The van der Waals surface area contributed by atoms with Crippen molar-refractivity contribution in [1.82, 2.24) is 0 Å². The molecule has 1 atom stereocenters. The fourth-order valence-corrected chi connectivity index (χ4v) is 7.03. The maximum atomic E-state index is 12.8. The Morgan fingerprint density at radius 2 is 0.623 bits per heavy atom. The first-order valence-electron chi connectivity index (χ1n) is 25.8. The van der Waals surface area contributed by atoms with Crippen molar-refractivity contribution < 1.29 is 28.6 Å². The minimum absolute atomic E-state index is 0.0893. The van der Waals surface area contributed by atoms with Gasteiger partial charge in [0.1, 0.15) is 13.2 Å². The highest BCUT2D eigenvalue weighted by molar-refractivity contribution is 5.71. The van der Waals surface area contributed by atoms with Crippen molar-refractivity contribution >= 4 is 17.9 Å². The summed E-state index contributed by atoms with van der Waals surface area (Å²) in [4.78, 5) is 37.9. The van der Waals surface area contributed by atoms with Crippen molar-refractivity contribution in [3.63, 3.8) is 0 Å². The quantitative estimate of drug-likeness (QED) is 0.0263. The summed E-state index contributed by atoms with van der Waals surface area (Å²) in [7, 11) is 0. The molecule has 0 aromatic heterocycles. The molecule has 6 heteroatoms. The van der Waals surface area contributed by atoms with Gasteiger partial charge in [0, 0.05) is 19.3 Å². The van der Waals surface area contributed by atoms with E-state index in [4.69, 9.17) is 14.2 Å². The molecule has 0 rings (SSSR count). The normalized spacial score (nSPS) is 12.5. The van der Waals surface area contributed by atoms with Crippen molar-refractivity contribution in [2.45, 2.75) is 258 Å². The molecule has 0 aromatic rings. The van der Waals surface area contributed by atoms with Crippen molar-refractivity contribution in [2.24, 2.45) is 0 Å². The van der Waals surface area contributed by atoms with E-state index in [1.807, 2.05) is 0 Å². The van der Waals surface area contributed by atoms with E-state index in [2.05, 4.69) is 81.5 Å². The van der Waals surface area contributed by atoms with Crippen LogP contribution in [-0.4, -0.2) is 37.2 Å². The molecule has 0 aliphatic carbocycles. The Labute approximate surface area is 377 Å². The molecule has 0 radical (unpaired) electrons. The lowest BCUT2D eigenvalue weighted by Gasteiger charge is -2.18. The smallest absolute Gasteiger partial charge is 0.306 e. The number of carbonyl (C=O) groups is 3. The highest BCUT2D eigenvalue weighted by atomic mass is 16.6. The van der Waals surface area contributed by atoms with Crippen molar-refractivity contribution in [1.29, 1.82) is 0 Å². The first-order chi connectivity index (χ1) is 30.0. The molecule has 352 valence electrons. The fourth-order valence-electron chi connectivity index (χ4n) is 7.03. The summed E-state index contributed by atoms with van der Waals surface area (Å²) in [6, 6.07) is 0. The highest BCUT2D eigenvalue weighted by Gasteiger charge is 2.19. The summed E-state index contributed by atoms with van der Waals surface area (Å²) >= 11 is 0. The average Bonchev–Trinajstić information content (AvgIpc) is 3.26. The third kappa shape index (κ3) is 48.0. The molecular weight excluding hydrogens is 757 g/mol. The number of unbranched alkanes of at least 4 members (excludes halogenated alkanes) is 25. The van der Waals surface area contributed by atoms with Crippen LogP contribution in [-0.2, 0) is 28.6 Å². The van der Waals surface area contributed by atoms with E-state index in [-0.39, 0.29) is 31.1 Å². The summed E-state index contributed by atoms with van der Waals surface area (Å²) in [5, 5.41) is 0. The van der Waals surface area contributed by atoms with Gasteiger partial charge in [-0.2, -0.15) is 0 Å². The third-order valence-electron chi connectivity index (χ3n) is 10.9. The largest absolute Gasteiger partial charge is 0.462 e. The Kier molecular flexibility index (Phi) is 47.4. The lowest BCUT2D eigenvalue weighted by Crippen LogP contribution is -2.30. The van der Waals surface area contributed by atoms with E-state index in [1.54, 1.807) is 0 Å². The Balaban J connectivity index is 4.43. The van der Waals surface area contributed by atoms with Crippen LogP contribution in [0.4, 0.5) is 0 Å². The minimum Gasteiger partial charge on any atom is -0.462 e. The Morgan fingerprint density at radius 1 is 0.328 bits per heavy atom. The summed E-state index contributed by atoms with van der Waals surface area (Å²) in [5.41, 5.74) is 0. The maximum absolute atomic E-state index is 12.8. The van der Waals surface area contributed by atoms with Gasteiger partial charge < -0.3 is 14.2 Å². The summed E-state index contributed by atoms with van der Waals surface area (Å²) in [6.45, 7) is 6.52. The average molecular weight is 853 g/mol. The lowest BCUT2D eigenvalue weighted by atomic mass is 10.1. The summed E-state index contributed by atoms with van der Waals surface area (Å²) in [6.07, 6.45) is 60.5. The molecule has 0 bridgehead atoms. The van der Waals surface area contributed by atoms with E-state index in [0.717, 1.165) is 122 Å². The van der Waals surface area contributed by atoms with Gasteiger partial charge in [-0.1, -0.05) is 191 Å². The van der Waals surface area contributed by atoms with Gasteiger partial charge in [0.25, 0.3) is 0 Å². The molecule has 0 aliphatic rings. The molecule has 0 saturated heterocycles. The first kappa shape index (κ1) is 58.1. The Morgan fingerprint density at radius 3 is 1.00 bits per heavy atom. The van der Waals surface area contributed by atoms with E-state index < -0.39 is 6.10 Å². The number of hydrogen-bond donors (Lipinski definition) is 0. The number of hydrogen-bond acceptors (Lipinski definition) is 6. The van der Waals surface area contributed by atoms with Crippen LogP contribution in [0.15, 0.2) is 60.8 Å². The Bertz CT molecular complexity index is 1120. The molecule has 0 heterocycles. The van der Waals surface area contributed by atoms with Gasteiger partial charge in [0.05, 0.1) is 0 Å². The Hall–Kier alpha value is -2.89. The summed E-state index contributed by atoms with van der Waals surface area (Å²) < 4.78 is 16.8. The predicted molar refractivity (Wildman–Crippen MR) is 261 cm³/mol. The molecule has 0 spiro atoms. The SMILES string of the molecule is CCC/C=C\C/C=C\CCCCCCCC(=O)OCC(COC(=O)CCCCCCC/C=C\C/C=C\CCCCCC)OC(=O)CCCCCCC/C=C\CCCCCCC. The number of rotatable bonds is 46. The van der Waals surface area contributed by atoms with Crippen LogP contribution in [0, 0.1) is 0 Å². The van der Waals surface area contributed by atoms with E-state index in [0.29, 0.717) is 19.3 Å². The van der Waals surface area contributed by atoms with Crippen LogP contribution in [0.3, 0.4) is 0 Å². The van der Waals surface area contributed by atoms with Gasteiger partial charge in [-0.05, 0) is 103 Å². The van der Waals surface area contributed by atoms with Crippen molar-refractivity contribution in [2.75, 3.05) is 13.2 Å². The molecular formula is C55H96O6. The van der Waals surface area contributed by atoms with Crippen molar-refractivity contribution in [3.05, 3.63) is 60.8 Å². The van der Waals surface area contributed by atoms with Gasteiger partial charge in [-0.15, -0.1) is 0 Å². The monoisotopic (exact) mass is 853 g/mol. The van der Waals surface area contributed by atoms with Crippen LogP contribution < -0.4 is 0 Å². The lowest BCUT2D eigenvalue weighted by molar-refractivity contribution is -0.167. The minimum atomic E-state index is -0.789. The molecule has 0 fully saturated rings. The molecule has 0 aliphatic heterocycles. The second-order valence-corrected chi connectivity index (χ2v) is 17.1. The molecule has 0 amide bonds. The molecule has 0 aromatic carbocycles. The van der Waals surface area contributed by atoms with E-state index in [9.17, 15) is 14.4 Å². The van der Waals surface area contributed by atoms with Crippen LogP contribution >= 0.6 is 0 Å². The number of esters is 3. The molecule has 1 unspecified atom stereocenters. The van der Waals surface area contributed by atoms with Gasteiger partial charge in [-0.25, -0.2) is 0 Å². The summed E-state index contributed by atoms with van der Waals surface area (Å²) in [5.74, 6) is -0.922. The zero-order chi connectivity index (χ0) is 44.4. The van der Waals surface area contributed by atoms with Gasteiger partial charge in [0.15, 0.2) is 6.10 Å². The third-order valence-corrected chi connectivity index (χ3v) is 10.9. The number of ether oxygens (including phenoxy) is 3. The second-order valence-electron chi connectivity index (χ2n) is 17.1. The molecule has 61 heavy (non-hydrogen) atoms.